The van der Waals surface area contributed by atoms with E-state index >= 15 is 0 Å². The van der Waals surface area contributed by atoms with Crippen LogP contribution in [0.4, 0.5) is 0 Å². The lowest BCUT2D eigenvalue weighted by Gasteiger charge is -2.14. The van der Waals surface area contributed by atoms with Gasteiger partial charge in [-0.1, -0.05) is 41.9 Å². The first-order valence-electron chi connectivity index (χ1n) is 7.73. The van der Waals surface area contributed by atoms with E-state index in [1.807, 2.05) is 0 Å². The van der Waals surface area contributed by atoms with E-state index < -0.39 is 17.9 Å². The van der Waals surface area contributed by atoms with Gasteiger partial charge >= 0.3 is 5.97 Å². The Kier molecular flexibility index (Phi) is 4.41. The molecule has 1 unspecified atom stereocenters. The zero-order valence-electron chi connectivity index (χ0n) is 12.6. The molecule has 6 heteroatoms. The monoisotopic (exact) mass is 314 g/mol. The van der Waals surface area contributed by atoms with Gasteiger partial charge in [0.1, 0.15) is 5.76 Å². The van der Waals surface area contributed by atoms with E-state index in [0.717, 1.165) is 43.4 Å². The Labute approximate surface area is 133 Å². The molecule has 2 N–H and O–H groups in total. The van der Waals surface area contributed by atoms with Gasteiger partial charge in [-0.25, -0.2) is 4.79 Å². The summed E-state index contributed by atoms with van der Waals surface area (Å²) in [6.07, 6.45) is 4.61. The zero-order valence-corrected chi connectivity index (χ0v) is 12.6. The summed E-state index contributed by atoms with van der Waals surface area (Å²) in [5, 5.41) is 15.8. The highest BCUT2D eigenvalue weighted by molar-refractivity contribution is 5.96. The van der Waals surface area contributed by atoms with Gasteiger partial charge in [-0.3, -0.25) is 4.79 Å². The van der Waals surface area contributed by atoms with Crippen molar-refractivity contribution in [3.05, 3.63) is 52.9 Å². The van der Waals surface area contributed by atoms with Crippen molar-refractivity contribution < 1.29 is 19.2 Å². The van der Waals surface area contributed by atoms with Gasteiger partial charge in [0.25, 0.3) is 5.91 Å². The van der Waals surface area contributed by atoms with Crippen LogP contribution in [0.25, 0.3) is 0 Å². The molecule has 3 rings (SSSR count). The van der Waals surface area contributed by atoms with E-state index in [4.69, 9.17) is 4.52 Å². The van der Waals surface area contributed by atoms with Crippen molar-refractivity contribution in [2.24, 2.45) is 0 Å². The molecule has 0 saturated carbocycles. The van der Waals surface area contributed by atoms with Crippen LogP contribution in [0.3, 0.4) is 0 Å². The number of hydrogen-bond acceptors (Lipinski definition) is 4. The first-order chi connectivity index (χ1) is 11.2. The highest BCUT2D eigenvalue weighted by Crippen LogP contribution is 2.24. The van der Waals surface area contributed by atoms with Gasteiger partial charge in [0.15, 0.2) is 11.7 Å². The van der Waals surface area contributed by atoms with E-state index in [1.165, 1.54) is 0 Å². The third kappa shape index (κ3) is 3.26. The Balaban J connectivity index is 1.83. The van der Waals surface area contributed by atoms with Gasteiger partial charge in [0.05, 0.1) is 0 Å². The Hall–Kier alpha value is -2.63. The maximum absolute atomic E-state index is 12.5. The quantitative estimate of drug-likeness (QED) is 0.846. The molecule has 1 aromatic heterocycles. The van der Waals surface area contributed by atoms with Gasteiger partial charge in [-0.15, -0.1) is 0 Å². The molecule has 0 spiro atoms. The lowest BCUT2D eigenvalue weighted by Crippen LogP contribution is -2.34. The van der Waals surface area contributed by atoms with Crippen LogP contribution in [0.1, 0.15) is 52.7 Å². The second-order valence-electron chi connectivity index (χ2n) is 5.65. The molecule has 2 aromatic rings. The molecule has 6 nitrogen and oxygen atoms in total. The lowest BCUT2D eigenvalue weighted by atomic mass is 10.1. The number of carboxylic acids is 1. The van der Waals surface area contributed by atoms with Crippen LogP contribution in [0.15, 0.2) is 34.9 Å². The van der Waals surface area contributed by atoms with Crippen molar-refractivity contribution in [1.29, 1.82) is 0 Å². The van der Waals surface area contributed by atoms with E-state index in [1.54, 1.807) is 30.3 Å². The van der Waals surface area contributed by atoms with E-state index in [0.29, 0.717) is 5.56 Å². The van der Waals surface area contributed by atoms with Crippen LogP contribution in [-0.4, -0.2) is 22.1 Å². The van der Waals surface area contributed by atoms with E-state index in [9.17, 15) is 14.7 Å². The number of carbonyl (C=O) groups is 2. The number of nitrogens with zero attached hydrogens (tertiary/aromatic N) is 1. The van der Waals surface area contributed by atoms with Crippen LogP contribution < -0.4 is 5.32 Å². The molecule has 1 aliphatic carbocycles. The molecular formula is C17H18N2O4. The van der Waals surface area contributed by atoms with Gasteiger partial charge in [-0.2, -0.15) is 0 Å². The molecule has 1 atom stereocenters. The lowest BCUT2D eigenvalue weighted by molar-refractivity contribution is -0.139. The van der Waals surface area contributed by atoms with Gasteiger partial charge in [0, 0.05) is 12.0 Å². The summed E-state index contributed by atoms with van der Waals surface area (Å²) in [5.74, 6) is -0.869. The van der Waals surface area contributed by atoms with Crippen LogP contribution in [-0.2, 0) is 17.6 Å². The number of amides is 1. The Morgan fingerprint density at radius 2 is 1.87 bits per heavy atom. The highest BCUT2D eigenvalue weighted by Gasteiger charge is 2.27. The zero-order chi connectivity index (χ0) is 16.2. The molecule has 0 bridgehead atoms. The number of rotatable bonds is 4. The van der Waals surface area contributed by atoms with Crippen LogP contribution in [0.5, 0.6) is 0 Å². The smallest absolute Gasteiger partial charge is 0.330 e. The summed E-state index contributed by atoms with van der Waals surface area (Å²) >= 11 is 0. The predicted molar refractivity (Wildman–Crippen MR) is 82.0 cm³/mol. The van der Waals surface area contributed by atoms with Crippen molar-refractivity contribution in [2.45, 2.75) is 38.1 Å². The molecule has 1 amide bonds. The number of fused-ring (bicyclic) bond motifs is 1. The van der Waals surface area contributed by atoms with Crippen LogP contribution >= 0.6 is 0 Å². The number of aryl methyl sites for hydroxylation is 1. The van der Waals surface area contributed by atoms with E-state index in [2.05, 4.69) is 10.5 Å². The maximum atomic E-state index is 12.5. The van der Waals surface area contributed by atoms with Crippen molar-refractivity contribution in [1.82, 2.24) is 10.5 Å². The fourth-order valence-corrected chi connectivity index (χ4v) is 2.87. The molecule has 0 saturated heterocycles. The van der Waals surface area contributed by atoms with Crippen molar-refractivity contribution in [3.63, 3.8) is 0 Å². The topological polar surface area (TPSA) is 92.4 Å². The largest absolute Gasteiger partial charge is 0.479 e. The standard InChI is InChI=1S/C17H18N2O4/c20-16(15-12-9-5-2-6-10-13(12)23-19-15)18-14(17(21)22)11-7-3-1-4-8-11/h1,3-4,7-8,14H,2,5-6,9-10H2,(H,18,20)(H,21,22). The minimum Gasteiger partial charge on any atom is -0.479 e. The number of carbonyl (C=O) groups excluding carboxylic acids is 1. The summed E-state index contributed by atoms with van der Waals surface area (Å²) in [4.78, 5) is 24.0. The second kappa shape index (κ2) is 6.64. The number of hydrogen-bond donors (Lipinski definition) is 2. The third-order valence-electron chi connectivity index (χ3n) is 4.07. The highest BCUT2D eigenvalue weighted by atomic mass is 16.5. The summed E-state index contributed by atoms with van der Waals surface area (Å²) in [5.41, 5.74) is 1.55. The van der Waals surface area contributed by atoms with Gasteiger partial charge < -0.3 is 14.9 Å². The first kappa shape index (κ1) is 15.3. The Morgan fingerprint density at radius 1 is 1.13 bits per heavy atom. The summed E-state index contributed by atoms with van der Waals surface area (Å²) in [6.45, 7) is 0. The average molecular weight is 314 g/mol. The molecule has 1 heterocycles. The second-order valence-corrected chi connectivity index (χ2v) is 5.65. The molecule has 1 aliphatic rings. The third-order valence-corrected chi connectivity index (χ3v) is 4.07. The SMILES string of the molecule is O=C(NC(C(=O)O)c1ccccc1)c1noc2c1CCCCC2. The van der Waals surface area contributed by atoms with Crippen LogP contribution in [0, 0.1) is 0 Å². The fourth-order valence-electron chi connectivity index (χ4n) is 2.87. The Bertz CT molecular complexity index is 709. The Morgan fingerprint density at radius 3 is 2.61 bits per heavy atom. The maximum Gasteiger partial charge on any atom is 0.330 e. The predicted octanol–water partition coefficient (Wildman–Crippen LogP) is 2.50. The van der Waals surface area contributed by atoms with Crippen molar-refractivity contribution in [3.8, 4) is 0 Å². The van der Waals surface area contributed by atoms with Gasteiger partial charge in [-0.05, 0) is 24.8 Å². The first-order valence-corrected chi connectivity index (χ1v) is 7.73. The van der Waals surface area contributed by atoms with Crippen molar-refractivity contribution >= 4 is 11.9 Å². The normalized spacial score (nSPS) is 15.3. The van der Waals surface area contributed by atoms with Crippen molar-refractivity contribution in [2.75, 3.05) is 0 Å². The number of nitrogens with one attached hydrogen (secondary N) is 1. The molecule has 120 valence electrons. The number of carboxylic acid groups (broad SMARTS) is 1. The van der Waals surface area contributed by atoms with Gasteiger partial charge in [0.2, 0.25) is 0 Å². The minimum atomic E-state index is -1.11. The fraction of sp³-hybridized carbons (Fsp3) is 0.353. The molecule has 23 heavy (non-hydrogen) atoms. The molecule has 0 fully saturated rings. The molecule has 1 aromatic carbocycles. The number of aromatic nitrogens is 1. The minimum absolute atomic E-state index is 0.212. The summed E-state index contributed by atoms with van der Waals surface area (Å²) < 4.78 is 5.28. The number of benzene rings is 1. The van der Waals surface area contributed by atoms with Crippen LogP contribution in [0.2, 0.25) is 0 Å². The molecular weight excluding hydrogens is 296 g/mol. The number of aliphatic carboxylic acids is 1. The average Bonchev–Trinajstić information content (AvgIpc) is 2.82. The van der Waals surface area contributed by atoms with E-state index in [-0.39, 0.29) is 5.69 Å². The summed E-state index contributed by atoms with van der Waals surface area (Å²) in [7, 11) is 0. The molecule has 0 aliphatic heterocycles. The summed E-state index contributed by atoms with van der Waals surface area (Å²) in [6, 6.07) is 7.49. The molecule has 0 radical (unpaired) electrons.